The van der Waals surface area contributed by atoms with E-state index in [1.165, 1.54) is 24.3 Å². The van der Waals surface area contributed by atoms with Crippen LogP contribution in [-0.2, 0) is 11.2 Å². The first-order chi connectivity index (χ1) is 12.5. The molecule has 3 aromatic rings. The Kier molecular flexibility index (Phi) is 5.38. The van der Waals surface area contributed by atoms with Crippen molar-refractivity contribution in [2.75, 3.05) is 5.32 Å². The van der Waals surface area contributed by atoms with Crippen molar-refractivity contribution in [1.29, 1.82) is 0 Å². The zero-order valence-electron chi connectivity index (χ0n) is 13.5. The smallest absolute Gasteiger partial charge is 0.273 e. The standard InChI is InChI=1S/C18H14ClFN4O2/c19-12-3-1-2-11(10-12)17-22-18(26)15(23-24-17)8-9-16(25)21-14-6-4-13(20)5-7-14/h1-7,10H,8-9H2,(H,21,25)(H,22,24,26). The van der Waals surface area contributed by atoms with Gasteiger partial charge in [-0.3, -0.25) is 9.59 Å². The van der Waals surface area contributed by atoms with Gasteiger partial charge in [0.1, 0.15) is 11.5 Å². The van der Waals surface area contributed by atoms with E-state index in [1.807, 2.05) is 0 Å². The van der Waals surface area contributed by atoms with Crippen molar-refractivity contribution in [1.82, 2.24) is 15.2 Å². The lowest BCUT2D eigenvalue weighted by atomic mass is 10.2. The summed E-state index contributed by atoms with van der Waals surface area (Å²) in [5, 5.41) is 11.0. The van der Waals surface area contributed by atoms with Crippen LogP contribution in [0, 0.1) is 5.82 Å². The van der Waals surface area contributed by atoms with Crippen LogP contribution in [0.2, 0.25) is 5.02 Å². The largest absolute Gasteiger partial charge is 0.326 e. The second-order valence-corrected chi connectivity index (χ2v) is 5.95. The van der Waals surface area contributed by atoms with Gasteiger partial charge in [-0.05, 0) is 36.4 Å². The van der Waals surface area contributed by atoms with Crippen LogP contribution in [0.3, 0.4) is 0 Å². The number of aromatic nitrogens is 3. The molecule has 8 heteroatoms. The molecule has 0 aliphatic carbocycles. The number of hydrogen-bond acceptors (Lipinski definition) is 4. The predicted molar refractivity (Wildman–Crippen MR) is 96.4 cm³/mol. The quantitative estimate of drug-likeness (QED) is 0.720. The number of amides is 1. The summed E-state index contributed by atoms with van der Waals surface area (Å²) in [5.41, 5.74) is 0.866. The van der Waals surface area contributed by atoms with E-state index < -0.39 is 5.56 Å². The van der Waals surface area contributed by atoms with Crippen molar-refractivity contribution < 1.29 is 9.18 Å². The number of H-pyrrole nitrogens is 1. The Balaban J connectivity index is 1.64. The highest BCUT2D eigenvalue weighted by atomic mass is 35.5. The molecule has 0 unspecified atom stereocenters. The van der Waals surface area contributed by atoms with Crippen LogP contribution in [0.5, 0.6) is 0 Å². The number of nitrogens with one attached hydrogen (secondary N) is 2. The second kappa shape index (κ2) is 7.88. The average Bonchev–Trinajstić information content (AvgIpc) is 2.62. The highest BCUT2D eigenvalue weighted by Crippen LogP contribution is 2.17. The van der Waals surface area contributed by atoms with Crippen LogP contribution in [0.25, 0.3) is 11.4 Å². The van der Waals surface area contributed by atoms with Crippen molar-refractivity contribution in [3.8, 4) is 11.4 Å². The Bertz CT molecular complexity index is 989. The number of hydrogen-bond donors (Lipinski definition) is 2. The maximum atomic E-state index is 12.8. The highest BCUT2D eigenvalue weighted by molar-refractivity contribution is 6.30. The summed E-state index contributed by atoms with van der Waals surface area (Å²) in [7, 11) is 0. The number of aromatic amines is 1. The van der Waals surface area contributed by atoms with Gasteiger partial charge in [-0.25, -0.2) is 4.39 Å². The third kappa shape index (κ3) is 4.52. The van der Waals surface area contributed by atoms with Gasteiger partial charge < -0.3 is 10.3 Å². The molecule has 2 aromatic carbocycles. The third-order valence-corrected chi connectivity index (χ3v) is 3.81. The number of carbonyl (C=O) groups excluding carboxylic acids is 1. The fourth-order valence-electron chi connectivity index (χ4n) is 2.28. The molecule has 0 saturated heterocycles. The van der Waals surface area contributed by atoms with Crippen molar-refractivity contribution in [3.63, 3.8) is 0 Å². The molecule has 6 nitrogen and oxygen atoms in total. The third-order valence-electron chi connectivity index (χ3n) is 3.58. The Morgan fingerprint density at radius 3 is 2.62 bits per heavy atom. The minimum absolute atomic E-state index is 0.0473. The minimum Gasteiger partial charge on any atom is -0.326 e. The number of aryl methyl sites for hydroxylation is 1. The SMILES string of the molecule is O=C(CCc1nnc(-c2cccc(Cl)c2)[nH]c1=O)Nc1ccc(F)cc1. The van der Waals surface area contributed by atoms with Crippen molar-refractivity contribution in [2.45, 2.75) is 12.8 Å². The van der Waals surface area contributed by atoms with E-state index in [2.05, 4.69) is 20.5 Å². The average molecular weight is 373 g/mol. The fraction of sp³-hybridized carbons (Fsp3) is 0.111. The van der Waals surface area contributed by atoms with Gasteiger partial charge >= 0.3 is 0 Å². The molecule has 0 bridgehead atoms. The molecule has 26 heavy (non-hydrogen) atoms. The number of carbonyl (C=O) groups is 1. The molecule has 0 atom stereocenters. The molecule has 1 heterocycles. The summed E-state index contributed by atoms with van der Waals surface area (Å²) in [6.07, 6.45) is 0.177. The van der Waals surface area contributed by atoms with E-state index >= 15 is 0 Å². The van der Waals surface area contributed by atoms with Crippen LogP contribution >= 0.6 is 11.6 Å². The van der Waals surface area contributed by atoms with Gasteiger partial charge in [-0.2, -0.15) is 0 Å². The van der Waals surface area contributed by atoms with Crippen molar-refractivity contribution >= 4 is 23.2 Å². The number of rotatable bonds is 5. The molecule has 0 fully saturated rings. The summed E-state index contributed by atoms with van der Waals surface area (Å²) >= 11 is 5.92. The molecule has 0 aliphatic heterocycles. The molecule has 1 aromatic heterocycles. The molecular formula is C18H14ClFN4O2. The first-order valence-corrected chi connectivity index (χ1v) is 8.16. The maximum Gasteiger partial charge on any atom is 0.273 e. The van der Waals surface area contributed by atoms with Gasteiger partial charge in [0.2, 0.25) is 5.91 Å². The molecule has 1 amide bonds. The summed E-state index contributed by atoms with van der Waals surface area (Å²) in [6, 6.07) is 12.3. The zero-order chi connectivity index (χ0) is 18.5. The molecule has 0 saturated carbocycles. The monoisotopic (exact) mass is 372 g/mol. The lowest BCUT2D eigenvalue weighted by molar-refractivity contribution is -0.116. The van der Waals surface area contributed by atoms with Gasteiger partial charge in [0.25, 0.3) is 5.56 Å². The Morgan fingerprint density at radius 2 is 1.92 bits per heavy atom. The summed E-state index contributed by atoms with van der Waals surface area (Å²) in [4.78, 5) is 26.7. The molecule has 132 valence electrons. The Labute approximate surface area is 153 Å². The minimum atomic E-state index is -0.412. The van der Waals surface area contributed by atoms with E-state index in [1.54, 1.807) is 24.3 Å². The van der Waals surface area contributed by atoms with Gasteiger partial charge in [-0.1, -0.05) is 23.7 Å². The van der Waals surface area contributed by atoms with Crippen LogP contribution in [0.4, 0.5) is 10.1 Å². The van der Waals surface area contributed by atoms with Crippen LogP contribution in [-0.4, -0.2) is 21.1 Å². The number of halogens is 2. The van der Waals surface area contributed by atoms with Gasteiger partial charge in [0, 0.05) is 29.1 Å². The van der Waals surface area contributed by atoms with E-state index in [4.69, 9.17) is 11.6 Å². The van der Waals surface area contributed by atoms with Crippen LogP contribution in [0.15, 0.2) is 53.3 Å². The lowest BCUT2D eigenvalue weighted by Gasteiger charge is -2.05. The van der Waals surface area contributed by atoms with Gasteiger partial charge in [-0.15, -0.1) is 10.2 Å². The van der Waals surface area contributed by atoms with Crippen LogP contribution in [0.1, 0.15) is 12.1 Å². The predicted octanol–water partition coefficient (Wildman–Crippen LogP) is 3.20. The Hall–Kier alpha value is -3.06. The second-order valence-electron chi connectivity index (χ2n) is 5.51. The van der Waals surface area contributed by atoms with Crippen molar-refractivity contribution in [2.24, 2.45) is 0 Å². The lowest BCUT2D eigenvalue weighted by Crippen LogP contribution is -2.20. The van der Waals surface area contributed by atoms with E-state index in [-0.39, 0.29) is 30.3 Å². The number of nitrogens with zero attached hydrogens (tertiary/aromatic N) is 2. The maximum absolute atomic E-state index is 12.8. The zero-order valence-corrected chi connectivity index (χ0v) is 14.3. The summed E-state index contributed by atoms with van der Waals surface area (Å²) < 4.78 is 12.8. The topological polar surface area (TPSA) is 87.7 Å². The molecular weight excluding hydrogens is 359 g/mol. The van der Waals surface area contributed by atoms with Gasteiger partial charge in [0.15, 0.2) is 5.82 Å². The molecule has 2 N–H and O–H groups in total. The van der Waals surface area contributed by atoms with Gasteiger partial charge in [0.05, 0.1) is 0 Å². The van der Waals surface area contributed by atoms with E-state index in [9.17, 15) is 14.0 Å². The highest BCUT2D eigenvalue weighted by Gasteiger charge is 2.10. The molecule has 0 spiro atoms. The fourth-order valence-corrected chi connectivity index (χ4v) is 2.47. The summed E-state index contributed by atoms with van der Waals surface area (Å²) in [5.74, 6) is -0.390. The van der Waals surface area contributed by atoms with E-state index in [0.717, 1.165) is 0 Å². The molecule has 0 radical (unpaired) electrons. The van der Waals surface area contributed by atoms with E-state index in [0.29, 0.717) is 22.1 Å². The number of anilines is 1. The molecule has 3 rings (SSSR count). The molecule has 0 aliphatic rings. The van der Waals surface area contributed by atoms with Crippen molar-refractivity contribution in [3.05, 3.63) is 75.4 Å². The first kappa shape index (κ1) is 17.8. The normalized spacial score (nSPS) is 10.5. The van der Waals surface area contributed by atoms with Crippen LogP contribution < -0.4 is 10.9 Å². The first-order valence-electron chi connectivity index (χ1n) is 7.78. The number of benzene rings is 2. The summed E-state index contributed by atoms with van der Waals surface area (Å²) in [6.45, 7) is 0. The Morgan fingerprint density at radius 1 is 1.15 bits per heavy atom.